The van der Waals surface area contributed by atoms with Crippen molar-refractivity contribution in [3.05, 3.63) is 63.9 Å². The molecule has 0 fully saturated rings. The van der Waals surface area contributed by atoms with Crippen LogP contribution in [0.15, 0.2) is 36.5 Å². The average Bonchev–Trinajstić information content (AvgIpc) is 2.52. The van der Waals surface area contributed by atoms with Gasteiger partial charge in [-0.15, -0.1) is 0 Å². The first-order valence-corrected chi connectivity index (χ1v) is 6.84. The number of aromatic nitrogens is 1. The molecule has 0 aliphatic rings. The molecule has 0 atom stereocenters. The normalized spacial score (nSPS) is 9.45. The van der Waals surface area contributed by atoms with Crippen LogP contribution in [0.3, 0.4) is 0 Å². The van der Waals surface area contributed by atoms with E-state index in [1.165, 1.54) is 6.20 Å². The Kier molecular flexibility index (Phi) is 5.14. The van der Waals surface area contributed by atoms with Crippen molar-refractivity contribution in [2.24, 2.45) is 0 Å². The van der Waals surface area contributed by atoms with Gasteiger partial charge in [-0.05, 0) is 30.2 Å². The molecule has 5 heteroatoms. The molecule has 4 nitrogen and oxygen atoms in total. The highest BCUT2D eigenvalue weighted by Crippen LogP contribution is 2.13. The maximum Gasteiger partial charge on any atom is 0.303 e. The molecule has 1 aromatic heterocycles. The van der Waals surface area contributed by atoms with Crippen LogP contribution in [-0.4, -0.2) is 16.1 Å². The largest absolute Gasteiger partial charge is 0.481 e. The molecule has 1 heterocycles. The van der Waals surface area contributed by atoms with Crippen molar-refractivity contribution in [2.75, 3.05) is 0 Å². The standard InChI is InChI=1S/C17H11ClN2O2/c18-15-9-14(11-20-16(15)10-19)6-5-12-1-3-13(4-2-12)7-8-17(21)22/h1-4,9,11H,7-8H2,(H,21,22). The highest BCUT2D eigenvalue weighted by molar-refractivity contribution is 6.31. The van der Waals surface area contributed by atoms with Crippen LogP contribution in [0.4, 0.5) is 0 Å². The van der Waals surface area contributed by atoms with Crippen LogP contribution in [0.5, 0.6) is 0 Å². The molecule has 0 spiro atoms. The van der Waals surface area contributed by atoms with Gasteiger partial charge in [0.05, 0.1) is 5.02 Å². The zero-order valence-electron chi connectivity index (χ0n) is 11.5. The van der Waals surface area contributed by atoms with Crippen molar-refractivity contribution in [3.8, 4) is 17.9 Å². The van der Waals surface area contributed by atoms with E-state index in [1.54, 1.807) is 6.07 Å². The number of rotatable bonds is 3. The summed E-state index contributed by atoms with van der Waals surface area (Å²) in [6.45, 7) is 0. The number of aryl methyl sites for hydroxylation is 1. The Morgan fingerprint density at radius 1 is 1.23 bits per heavy atom. The monoisotopic (exact) mass is 310 g/mol. The molecule has 0 radical (unpaired) electrons. The van der Waals surface area contributed by atoms with E-state index in [0.29, 0.717) is 12.0 Å². The van der Waals surface area contributed by atoms with E-state index in [0.717, 1.165) is 11.1 Å². The van der Waals surface area contributed by atoms with Crippen LogP contribution in [-0.2, 0) is 11.2 Å². The van der Waals surface area contributed by atoms with Crippen LogP contribution in [0.2, 0.25) is 5.02 Å². The van der Waals surface area contributed by atoms with Gasteiger partial charge in [-0.25, -0.2) is 4.98 Å². The van der Waals surface area contributed by atoms with Gasteiger partial charge in [0.25, 0.3) is 0 Å². The minimum atomic E-state index is -0.811. The van der Waals surface area contributed by atoms with E-state index in [1.807, 2.05) is 30.3 Å². The van der Waals surface area contributed by atoms with Crippen LogP contribution < -0.4 is 0 Å². The number of halogens is 1. The van der Waals surface area contributed by atoms with E-state index >= 15 is 0 Å². The van der Waals surface area contributed by atoms with E-state index in [-0.39, 0.29) is 17.1 Å². The summed E-state index contributed by atoms with van der Waals surface area (Å²) in [7, 11) is 0. The first kappa shape index (κ1) is 15.6. The molecule has 0 amide bonds. The third kappa shape index (κ3) is 4.34. The second-order valence-electron chi connectivity index (χ2n) is 4.51. The SMILES string of the molecule is N#Cc1ncc(C#Cc2ccc(CCC(=O)O)cc2)cc1Cl. The number of hydrogen-bond acceptors (Lipinski definition) is 3. The smallest absolute Gasteiger partial charge is 0.303 e. The molecule has 0 aliphatic carbocycles. The van der Waals surface area contributed by atoms with Crippen molar-refractivity contribution in [3.63, 3.8) is 0 Å². The fourth-order valence-corrected chi connectivity index (χ4v) is 1.95. The molecule has 22 heavy (non-hydrogen) atoms. The van der Waals surface area contributed by atoms with Crippen molar-refractivity contribution in [1.29, 1.82) is 5.26 Å². The van der Waals surface area contributed by atoms with Gasteiger partial charge in [0.15, 0.2) is 5.69 Å². The molecule has 2 aromatic rings. The first-order chi connectivity index (χ1) is 10.6. The zero-order valence-corrected chi connectivity index (χ0v) is 12.3. The Balaban J connectivity index is 2.10. The van der Waals surface area contributed by atoms with E-state index < -0.39 is 5.97 Å². The second-order valence-corrected chi connectivity index (χ2v) is 4.91. The fraction of sp³-hybridized carbons (Fsp3) is 0.118. The van der Waals surface area contributed by atoms with Crippen molar-refractivity contribution in [1.82, 2.24) is 4.98 Å². The predicted molar refractivity (Wildman–Crippen MR) is 82.3 cm³/mol. The summed E-state index contributed by atoms with van der Waals surface area (Å²) in [5.41, 5.74) is 2.56. The number of nitrogens with zero attached hydrogens (tertiary/aromatic N) is 2. The van der Waals surface area contributed by atoms with Gasteiger partial charge < -0.3 is 5.11 Å². The Morgan fingerprint density at radius 3 is 2.50 bits per heavy atom. The Bertz CT molecular complexity index is 796. The van der Waals surface area contributed by atoms with E-state index in [4.69, 9.17) is 22.0 Å². The van der Waals surface area contributed by atoms with Crippen molar-refractivity contribution >= 4 is 17.6 Å². The lowest BCUT2D eigenvalue weighted by atomic mass is 10.1. The molecule has 0 saturated heterocycles. The molecular weight excluding hydrogens is 300 g/mol. The molecule has 0 unspecified atom stereocenters. The fourth-order valence-electron chi connectivity index (χ4n) is 1.74. The summed E-state index contributed by atoms with van der Waals surface area (Å²) in [5, 5.41) is 17.7. The Morgan fingerprint density at radius 2 is 1.91 bits per heavy atom. The van der Waals surface area contributed by atoms with Crippen LogP contribution >= 0.6 is 11.6 Å². The predicted octanol–water partition coefficient (Wildman–Crippen LogP) is 3.02. The Hall–Kier alpha value is -2.82. The summed E-state index contributed by atoms with van der Waals surface area (Å²) in [6.07, 6.45) is 2.11. The van der Waals surface area contributed by atoms with Gasteiger partial charge >= 0.3 is 5.97 Å². The average molecular weight is 311 g/mol. The molecule has 108 valence electrons. The quantitative estimate of drug-likeness (QED) is 0.884. The topological polar surface area (TPSA) is 74.0 Å². The number of nitriles is 1. The lowest BCUT2D eigenvalue weighted by molar-refractivity contribution is -0.136. The highest BCUT2D eigenvalue weighted by atomic mass is 35.5. The van der Waals surface area contributed by atoms with Crippen molar-refractivity contribution < 1.29 is 9.90 Å². The summed E-state index contributed by atoms with van der Waals surface area (Å²) in [5.74, 6) is 5.08. The van der Waals surface area contributed by atoms with Crippen LogP contribution in [0.25, 0.3) is 0 Å². The number of carboxylic acids is 1. The summed E-state index contributed by atoms with van der Waals surface area (Å²) in [6, 6.07) is 10.9. The number of hydrogen-bond donors (Lipinski definition) is 1. The molecular formula is C17H11ClN2O2. The molecule has 1 aromatic carbocycles. The molecule has 0 aliphatic heterocycles. The van der Waals surface area contributed by atoms with E-state index in [2.05, 4.69) is 16.8 Å². The molecule has 0 bridgehead atoms. The summed E-state index contributed by atoms with van der Waals surface area (Å²) in [4.78, 5) is 14.4. The van der Waals surface area contributed by atoms with Crippen LogP contribution in [0.1, 0.15) is 28.8 Å². The van der Waals surface area contributed by atoms with Gasteiger partial charge in [0.2, 0.25) is 0 Å². The first-order valence-electron chi connectivity index (χ1n) is 6.47. The van der Waals surface area contributed by atoms with Gasteiger partial charge in [-0.2, -0.15) is 5.26 Å². The van der Waals surface area contributed by atoms with Gasteiger partial charge in [-0.3, -0.25) is 4.79 Å². The van der Waals surface area contributed by atoms with Crippen molar-refractivity contribution in [2.45, 2.75) is 12.8 Å². The maximum atomic E-state index is 10.5. The van der Waals surface area contributed by atoms with Gasteiger partial charge in [-0.1, -0.05) is 35.6 Å². The zero-order chi connectivity index (χ0) is 15.9. The molecule has 0 saturated carbocycles. The minimum Gasteiger partial charge on any atom is -0.481 e. The molecule has 2 rings (SSSR count). The third-order valence-corrected chi connectivity index (χ3v) is 3.17. The minimum absolute atomic E-state index is 0.112. The van der Waals surface area contributed by atoms with Gasteiger partial charge in [0, 0.05) is 23.7 Å². The number of benzene rings is 1. The number of pyridine rings is 1. The van der Waals surface area contributed by atoms with E-state index in [9.17, 15) is 4.79 Å². The summed E-state index contributed by atoms with van der Waals surface area (Å²) >= 11 is 5.89. The maximum absolute atomic E-state index is 10.5. The lowest BCUT2D eigenvalue weighted by Crippen LogP contribution is -1.97. The second kappa shape index (κ2) is 7.26. The summed E-state index contributed by atoms with van der Waals surface area (Å²) < 4.78 is 0. The number of carbonyl (C=O) groups is 1. The van der Waals surface area contributed by atoms with Gasteiger partial charge in [0.1, 0.15) is 6.07 Å². The molecule has 1 N–H and O–H groups in total. The lowest BCUT2D eigenvalue weighted by Gasteiger charge is -1.98. The Labute approximate surface area is 133 Å². The number of carboxylic acid groups (broad SMARTS) is 1. The number of aliphatic carboxylic acids is 1. The van der Waals surface area contributed by atoms with Crippen LogP contribution in [0, 0.1) is 23.2 Å². The highest BCUT2D eigenvalue weighted by Gasteiger charge is 2.01. The third-order valence-electron chi connectivity index (χ3n) is 2.88.